The Kier molecular flexibility index (Phi) is 5.25. The first kappa shape index (κ1) is 20.3. The summed E-state index contributed by atoms with van der Waals surface area (Å²) in [4.78, 5) is 14.3. The lowest BCUT2D eigenvalue weighted by Gasteiger charge is -2.44. The third kappa shape index (κ3) is 3.77. The number of likely N-dealkylation sites (tertiary alicyclic amines) is 1. The Morgan fingerprint density at radius 2 is 1.83 bits per heavy atom. The van der Waals surface area contributed by atoms with Crippen molar-refractivity contribution in [1.82, 2.24) is 4.90 Å². The average Bonchev–Trinajstić information content (AvgIpc) is 2.70. The van der Waals surface area contributed by atoms with E-state index >= 15 is 4.39 Å². The van der Waals surface area contributed by atoms with Crippen LogP contribution in [-0.2, 0) is 5.67 Å². The van der Waals surface area contributed by atoms with Crippen LogP contribution in [0.2, 0.25) is 0 Å². The van der Waals surface area contributed by atoms with Crippen molar-refractivity contribution in [1.29, 1.82) is 10.7 Å². The maximum absolute atomic E-state index is 15.1. The van der Waals surface area contributed by atoms with Gasteiger partial charge in [0.25, 0.3) is 5.91 Å². The highest BCUT2D eigenvalue weighted by Crippen LogP contribution is 2.37. The fraction of sp³-hybridized carbons (Fsp3) is 0.261. The Bertz CT molecular complexity index is 1050. The highest BCUT2D eigenvalue weighted by atomic mass is 19.1. The molecule has 3 rings (SSSR count). The maximum Gasteiger partial charge on any atom is 0.254 e. The third-order valence-corrected chi connectivity index (χ3v) is 5.42. The van der Waals surface area contributed by atoms with E-state index in [9.17, 15) is 4.79 Å². The Morgan fingerprint density at radius 3 is 2.38 bits per heavy atom. The lowest BCUT2D eigenvalue weighted by atomic mass is 9.86. The fourth-order valence-corrected chi connectivity index (χ4v) is 3.33. The van der Waals surface area contributed by atoms with Crippen molar-refractivity contribution < 1.29 is 9.18 Å². The Labute approximate surface area is 169 Å². The van der Waals surface area contributed by atoms with Crippen molar-refractivity contribution in [2.45, 2.75) is 26.4 Å². The third-order valence-electron chi connectivity index (χ3n) is 5.42. The summed E-state index contributed by atoms with van der Waals surface area (Å²) in [5, 5.41) is 17.2. The number of carbonyl (C=O) groups excluding carboxylic acids is 1. The number of amides is 1. The van der Waals surface area contributed by atoms with Gasteiger partial charge in [-0.3, -0.25) is 10.2 Å². The molecule has 148 valence electrons. The summed E-state index contributed by atoms with van der Waals surface area (Å²) in [7, 11) is 0. The van der Waals surface area contributed by atoms with Crippen LogP contribution in [0.4, 0.5) is 4.39 Å². The summed E-state index contributed by atoms with van der Waals surface area (Å²) in [6.07, 6.45) is 0. The molecule has 0 aliphatic carbocycles. The summed E-state index contributed by atoms with van der Waals surface area (Å²) in [5.41, 5.74) is 8.54. The minimum absolute atomic E-state index is 0.0424. The van der Waals surface area contributed by atoms with E-state index in [2.05, 4.69) is 0 Å². The quantitative estimate of drug-likeness (QED) is 0.777. The first-order valence-corrected chi connectivity index (χ1v) is 9.28. The zero-order chi connectivity index (χ0) is 21.3. The molecule has 29 heavy (non-hydrogen) atoms. The van der Waals surface area contributed by atoms with Gasteiger partial charge in [-0.25, -0.2) is 4.39 Å². The molecule has 0 spiro atoms. The minimum atomic E-state index is -1.61. The van der Waals surface area contributed by atoms with Crippen molar-refractivity contribution in [3.05, 3.63) is 81.6 Å². The molecule has 0 atom stereocenters. The summed E-state index contributed by atoms with van der Waals surface area (Å²) < 4.78 is 15.1. The molecule has 3 N–H and O–H groups in total. The second kappa shape index (κ2) is 7.51. The first-order chi connectivity index (χ1) is 13.7. The van der Waals surface area contributed by atoms with Crippen molar-refractivity contribution >= 4 is 11.6 Å². The molecule has 6 heteroatoms. The van der Waals surface area contributed by atoms with Crippen LogP contribution in [0.1, 0.15) is 46.5 Å². The number of allylic oxidation sites excluding steroid dienone is 2. The van der Waals surface area contributed by atoms with Gasteiger partial charge < -0.3 is 10.6 Å². The van der Waals surface area contributed by atoms with Crippen molar-refractivity contribution in [3.63, 3.8) is 0 Å². The number of carbonyl (C=O) groups is 1. The maximum atomic E-state index is 15.1. The molecule has 5 nitrogen and oxygen atoms in total. The molecule has 1 fully saturated rings. The Hall–Kier alpha value is -3.46. The highest BCUT2D eigenvalue weighted by molar-refractivity contribution is 6.12. The molecular weight excluding hydrogens is 367 g/mol. The van der Waals surface area contributed by atoms with Gasteiger partial charge in [0.1, 0.15) is 0 Å². The van der Waals surface area contributed by atoms with Crippen LogP contribution in [0.3, 0.4) is 0 Å². The number of hydrogen-bond donors (Lipinski definition) is 2. The molecule has 1 aliphatic rings. The van der Waals surface area contributed by atoms with E-state index in [-0.39, 0.29) is 24.7 Å². The topological polar surface area (TPSA) is 94.0 Å². The van der Waals surface area contributed by atoms with Crippen LogP contribution >= 0.6 is 0 Å². The van der Waals surface area contributed by atoms with Gasteiger partial charge in [-0.15, -0.1) is 0 Å². The summed E-state index contributed by atoms with van der Waals surface area (Å²) >= 11 is 0. The number of aryl methyl sites for hydroxylation is 1. The predicted molar refractivity (Wildman–Crippen MR) is 110 cm³/mol. The molecule has 0 unspecified atom stereocenters. The Morgan fingerprint density at radius 1 is 1.21 bits per heavy atom. The number of hydrogen-bond acceptors (Lipinski definition) is 4. The van der Waals surface area contributed by atoms with E-state index < -0.39 is 5.67 Å². The van der Waals surface area contributed by atoms with Crippen LogP contribution in [0.25, 0.3) is 0 Å². The lowest BCUT2D eigenvalue weighted by molar-refractivity contribution is -0.0231. The number of rotatable bonds is 4. The average molecular weight is 390 g/mol. The zero-order valence-electron chi connectivity index (χ0n) is 16.7. The molecule has 0 bridgehead atoms. The van der Waals surface area contributed by atoms with Gasteiger partial charge in [0.05, 0.1) is 30.4 Å². The van der Waals surface area contributed by atoms with Crippen LogP contribution < -0.4 is 5.73 Å². The number of nitriles is 1. The molecule has 1 amide bonds. The van der Waals surface area contributed by atoms with Gasteiger partial charge in [-0.05, 0) is 61.7 Å². The normalized spacial score (nSPS) is 15.8. The second-order valence-corrected chi connectivity index (χ2v) is 7.53. The number of benzene rings is 2. The van der Waals surface area contributed by atoms with Crippen molar-refractivity contribution in [2.75, 3.05) is 13.1 Å². The highest BCUT2D eigenvalue weighted by Gasteiger charge is 2.47. The fourth-order valence-electron chi connectivity index (χ4n) is 3.33. The molecule has 1 heterocycles. The van der Waals surface area contributed by atoms with Crippen LogP contribution in [-0.4, -0.2) is 29.6 Å². The van der Waals surface area contributed by atoms with Gasteiger partial charge in [-0.1, -0.05) is 18.2 Å². The van der Waals surface area contributed by atoms with Crippen molar-refractivity contribution in [3.8, 4) is 6.07 Å². The van der Waals surface area contributed by atoms with E-state index in [1.54, 1.807) is 56.3 Å². The zero-order valence-corrected chi connectivity index (χ0v) is 16.7. The van der Waals surface area contributed by atoms with Crippen LogP contribution in [0.15, 0.2) is 53.7 Å². The number of nitrogens with one attached hydrogen (secondary N) is 1. The van der Waals surface area contributed by atoms with E-state index in [4.69, 9.17) is 16.4 Å². The molecule has 1 saturated heterocycles. The van der Waals surface area contributed by atoms with Gasteiger partial charge in [0.2, 0.25) is 0 Å². The minimum Gasteiger partial charge on any atom is -0.402 e. The predicted octanol–water partition coefficient (Wildman–Crippen LogP) is 3.81. The smallest absolute Gasteiger partial charge is 0.254 e. The largest absolute Gasteiger partial charge is 0.402 e. The van der Waals surface area contributed by atoms with E-state index in [1.165, 1.54) is 4.90 Å². The van der Waals surface area contributed by atoms with Gasteiger partial charge in [-0.2, -0.15) is 5.26 Å². The summed E-state index contributed by atoms with van der Waals surface area (Å²) in [6.45, 7) is 5.30. The summed E-state index contributed by atoms with van der Waals surface area (Å²) in [6, 6.07) is 13.5. The SMILES string of the molecule is CC(N)=C(C)C(=N)c1cc(C(=O)N2CC(F)(c3ccc(C#N)cc3)C2)ccc1C. The van der Waals surface area contributed by atoms with Gasteiger partial charge >= 0.3 is 0 Å². The number of nitrogens with two attached hydrogens (primary N) is 1. The second-order valence-electron chi connectivity index (χ2n) is 7.53. The summed E-state index contributed by atoms with van der Waals surface area (Å²) in [5.74, 6) is -0.271. The molecule has 2 aromatic rings. The molecule has 0 radical (unpaired) electrons. The lowest BCUT2D eigenvalue weighted by Crippen LogP contribution is -2.58. The standard InChI is InChI=1S/C23H23FN4O/c1-14-4-7-18(10-20(14)21(27)15(2)16(3)26)22(29)28-12-23(24,13-28)19-8-5-17(11-25)6-9-19/h4-10,27H,12-13,26H2,1-3H3. The van der Waals surface area contributed by atoms with Crippen LogP contribution in [0.5, 0.6) is 0 Å². The van der Waals surface area contributed by atoms with Crippen molar-refractivity contribution in [2.24, 2.45) is 5.73 Å². The van der Waals surface area contributed by atoms with E-state index in [1.807, 2.05) is 13.0 Å². The van der Waals surface area contributed by atoms with E-state index in [0.717, 1.165) is 5.56 Å². The number of nitrogens with zero attached hydrogens (tertiary/aromatic N) is 2. The Balaban J connectivity index is 1.78. The molecule has 1 aliphatic heterocycles. The molecule has 0 saturated carbocycles. The number of halogens is 1. The molecular formula is C23H23FN4O. The van der Waals surface area contributed by atoms with E-state index in [0.29, 0.717) is 33.5 Å². The van der Waals surface area contributed by atoms with Gasteiger partial charge in [0.15, 0.2) is 5.67 Å². The number of alkyl halides is 1. The molecule has 0 aromatic heterocycles. The van der Waals surface area contributed by atoms with Gasteiger partial charge in [0, 0.05) is 16.8 Å². The van der Waals surface area contributed by atoms with Crippen LogP contribution in [0, 0.1) is 23.7 Å². The first-order valence-electron chi connectivity index (χ1n) is 9.28. The monoisotopic (exact) mass is 390 g/mol. The molecule has 2 aromatic carbocycles.